The quantitative estimate of drug-likeness (QED) is 0.887. The Morgan fingerprint density at radius 3 is 2.37 bits per heavy atom. The molecule has 0 heterocycles. The zero-order valence-corrected chi connectivity index (χ0v) is 11.3. The first-order valence-corrected chi connectivity index (χ1v) is 6.99. The van der Waals surface area contributed by atoms with E-state index < -0.39 is 17.7 Å². The van der Waals surface area contributed by atoms with Gasteiger partial charge in [0, 0.05) is 12.6 Å². The Hall–Kier alpha value is -1.00. The molecule has 2 rings (SSSR count). The molecule has 0 radical (unpaired) electrons. The maximum atomic E-state index is 13.6. The molecule has 1 aromatic rings. The van der Waals surface area contributed by atoms with Crippen LogP contribution in [0.4, 0.5) is 8.78 Å². The fourth-order valence-corrected chi connectivity index (χ4v) is 2.95. The van der Waals surface area contributed by atoms with Gasteiger partial charge in [0.15, 0.2) is 0 Å². The number of benzene rings is 1. The summed E-state index contributed by atoms with van der Waals surface area (Å²) < 4.78 is 27.2. The van der Waals surface area contributed by atoms with Crippen molar-refractivity contribution in [2.75, 3.05) is 13.1 Å². The van der Waals surface area contributed by atoms with Crippen LogP contribution in [0.15, 0.2) is 18.2 Å². The van der Waals surface area contributed by atoms with Gasteiger partial charge in [-0.05, 0) is 31.5 Å². The summed E-state index contributed by atoms with van der Waals surface area (Å²) in [5.74, 6) is -1.34. The minimum atomic E-state index is -1.11. The van der Waals surface area contributed by atoms with Crippen molar-refractivity contribution < 1.29 is 13.9 Å². The van der Waals surface area contributed by atoms with Crippen molar-refractivity contribution in [1.29, 1.82) is 0 Å². The molecule has 1 N–H and O–H groups in total. The van der Waals surface area contributed by atoms with E-state index in [1.54, 1.807) is 0 Å². The molecule has 106 valence electrons. The zero-order valence-electron chi connectivity index (χ0n) is 11.3. The molecule has 1 atom stereocenters. The van der Waals surface area contributed by atoms with Gasteiger partial charge in [0.25, 0.3) is 0 Å². The van der Waals surface area contributed by atoms with E-state index >= 15 is 0 Å². The Kier molecular flexibility index (Phi) is 4.88. The van der Waals surface area contributed by atoms with E-state index in [0.717, 1.165) is 19.4 Å². The molecule has 2 nitrogen and oxygen atoms in total. The van der Waals surface area contributed by atoms with Gasteiger partial charge in [0.05, 0.1) is 11.7 Å². The lowest BCUT2D eigenvalue weighted by molar-refractivity contribution is 0.0863. The van der Waals surface area contributed by atoms with Crippen LogP contribution in [0.25, 0.3) is 0 Å². The highest BCUT2D eigenvalue weighted by Gasteiger charge is 2.26. The predicted molar refractivity (Wildman–Crippen MR) is 70.8 cm³/mol. The van der Waals surface area contributed by atoms with Gasteiger partial charge in [-0.25, -0.2) is 8.78 Å². The maximum Gasteiger partial charge on any atom is 0.131 e. The van der Waals surface area contributed by atoms with Crippen molar-refractivity contribution in [3.8, 4) is 0 Å². The summed E-state index contributed by atoms with van der Waals surface area (Å²) in [6.07, 6.45) is 3.51. The second-order valence-electron chi connectivity index (χ2n) is 5.18. The van der Waals surface area contributed by atoms with E-state index in [4.69, 9.17) is 0 Å². The number of nitrogens with zero attached hydrogens (tertiary/aromatic N) is 1. The number of hydrogen-bond acceptors (Lipinski definition) is 2. The van der Waals surface area contributed by atoms with E-state index in [1.165, 1.54) is 31.0 Å². The minimum Gasteiger partial charge on any atom is -0.387 e. The molecule has 1 aromatic carbocycles. The normalized spacial score (nSPS) is 18.2. The van der Waals surface area contributed by atoms with Crippen LogP contribution in [0.1, 0.15) is 44.3 Å². The molecule has 1 saturated carbocycles. The fraction of sp³-hybridized carbons (Fsp3) is 0.600. The van der Waals surface area contributed by atoms with Crippen molar-refractivity contribution in [2.45, 2.75) is 44.8 Å². The summed E-state index contributed by atoms with van der Waals surface area (Å²) >= 11 is 0. The molecule has 19 heavy (non-hydrogen) atoms. The lowest BCUT2D eigenvalue weighted by atomic mass is 10.1. The molecule has 0 spiro atoms. The van der Waals surface area contributed by atoms with Crippen LogP contribution >= 0.6 is 0 Å². The molecule has 0 saturated heterocycles. The molecular formula is C15H21F2NO. The molecule has 1 aliphatic rings. The Bertz CT molecular complexity index is 398. The van der Waals surface area contributed by atoms with Crippen LogP contribution in [0.5, 0.6) is 0 Å². The molecular weight excluding hydrogens is 248 g/mol. The first kappa shape index (κ1) is 14.4. The van der Waals surface area contributed by atoms with E-state index in [1.807, 2.05) is 6.92 Å². The van der Waals surface area contributed by atoms with Gasteiger partial charge in [-0.1, -0.05) is 25.8 Å². The van der Waals surface area contributed by atoms with Gasteiger partial charge < -0.3 is 5.11 Å². The summed E-state index contributed by atoms with van der Waals surface area (Å²) in [6.45, 7) is 3.10. The summed E-state index contributed by atoms with van der Waals surface area (Å²) in [6, 6.07) is 4.13. The highest BCUT2D eigenvalue weighted by atomic mass is 19.1. The largest absolute Gasteiger partial charge is 0.387 e. The number of halogens is 2. The van der Waals surface area contributed by atoms with E-state index in [-0.39, 0.29) is 5.56 Å². The predicted octanol–water partition coefficient (Wildman–Crippen LogP) is 3.26. The monoisotopic (exact) mass is 269 g/mol. The third-order valence-electron chi connectivity index (χ3n) is 3.99. The Balaban J connectivity index is 2.08. The molecule has 1 unspecified atom stereocenters. The Labute approximate surface area is 113 Å². The topological polar surface area (TPSA) is 23.5 Å². The van der Waals surface area contributed by atoms with Crippen molar-refractivity contribution in [3.05, 3.63) is 35.4 Å². The molecule has 1 aliphatic carbocycles. The molecule has 1 fully saturated rings. The van der Waals surface area contributed by atoms with Crippen molar-refractivity contribution in [2.24, 2.45) is 0 Å². The maximum absolute atomic E-state index is 13.6. The second kappa shape index (κ2) is 6.44. The highest BCUT2D eigenvalue weighted by Crippen LogP contribution is 2.27. The number of likely N-dealkylation sites (N-methyl/N-ethyl adjacent to an activating group) is 1. The van der Waals surface area contributed by atoms with E-state index in [9.17, 15) is 13.9 Å². The van der Waals surface area contributed by atoms with Crippen LogP contribution in [0.2, 0.25) is 0 Å². The SMILES string of the molecule is CCN(CC(O)c1c(F)cccc1F)C1CCCC1. The van der Waals surface area contributed by atoms with Crippen LogP contribution in [0, 0.1) is 11.6 Å². The first-order chi connectivity index (χ1) is 9.13. The molecule has 0 amide bonds. The van der Waals surface area contributed by atoms with Gasteiger partial charge in [0.2, 0.25) is 0 Å². The average molecular weight is 269 g/mol. The summed E-state index contributed by atoms with van der Waals surface area (Å²) in [5, 5.41) is 10.1. The summed E-state index contributed by atoms with van der Waals surface area (Å²) in [7, 11) is 0. The van der Waals surface area contributed by atoms with Crippen LogP contribution in [-0.2, 0) is 0 Å². The van der Waals surface area contributed by atoms with Gasteiger partial charge in [-0.2, -0.15) is 0 Å². The van der Waals surface area contributed by atoms with E-state index in [0.29, 0.717) is 12.6 Å². The standard InChI is InChI=1S/C15H21F2NO/c1-2-18(11-6-3-4-7-11)10-14(19)15-12(16)8-5-9-13(15)17/h5,8-9,11,14,19H,2-4,6-7,10H2,1H3. The first-order valence-electron chi connectivity index (χ1n) is 6.99. The number of aliphatic hydroxyl groups is 1. The average Bonchev–Trinajstić information content (AvgIpc) is 2.89. The van der Waals surface area contributed by atoms with E-state index in [2.05, 4.69) is 4.90 Å². The number of rotatable bonds is 5. The highest BCUT2D eigenvalue weighted by molar-refractivity contribution is 5.22. The van der Waals surface area contributed by atoms with Crippen LogP contribution in [0.3, 0.4) is 0 Å². The molecule has 4 heteroatoms. The van der Waals surface area contributed by atoms with Crippen LogP contribution in [-0.4, -0.2) is 29.1 Å². The summed E-state index contributed by atoms with van der Waals surface area (Å²) in [5.41, 5.74) is -0.209. The summed E-state index contributed by atoms with van der Waals surface area (Å²) in [4.78, 5) is 2.13. The number of aliphatic hydroxyl groups excluding tert-OH is 1. The molecule has 0 bridgehead atoms. The third-order valence-corrected chi connectivity index (χ3v) is 3.99. The lowest BCUT2D eigenvalue weighted by Gasteiger charge is -2.29. The number of hydrogen-bond donors (Lipinski definition) is 1. The fourth-order valence-electron chi connectivity index (χ4n) is 2.95. The second-order valence-corrected chi connectivity index (χ2v) is 5.18. The molecule has 0 aromatic heterocycles. The van der Waals surface area contributed by atoms with Crippen molar-refractivity contribution in [1.82, 2.24) is 4.90 Å². The third kappa shape index (κ3) is 3.31. The molecule has 0 aliphatic heterocycles. The van der Waals surface area contributed by atoms with Gasteiger partial charge in [0.1, 0.15) is 11.6 Å². The zero-order chi connectivity index (χ0) is 13.8. The van der Waals surface area contributed by atoms with Gasteiger partial charge >= 0.3 is 0 Å². The lowest BCUT2D eigenvalue weighted by Crippen LogP contribution is -2.36. The van der Waals surface area contributed by atoms with Crippen LogP contribution < -0.4 is 0 Å². The smallest absolute Gasteiger partial charge is 0.131 e. The van der Waals surface area contributed by atoms with Gasteiger partial charge in [-0.3, -0.25) is 4.90 Å². The minimum absolute atomic E-state index is 0.209. The van der Waals surface area contributed by atoms with Crippen molar-refractivity contribution >= 4 is 0 Å². The Morgan fingerprint density at radius 2 is 1.84 bits per heavy atom. The van der Waals surface area contributed by atoms with Crippen molar-refractivity contribution in [3.63, 3.8) is 0 Å². The van der Waals surface area contributed by atoms with Gasteiger partial charge in [-0.15, -0.1) is 0 Å². The Morgan fingerprint density at radius 1 is 1.26 bits per heavy atom.